The van der Waals surface area contributed by atoms with Crippen molar-refractivity contribution in [1.82, 2.24) is 9.78 Å². The van der Waals surface area contributed by atoms with Gasteiger partial charge in [-0.15, -0.1) is 0 Å². The molecule has 148 valence electrons. The van der Waals surface area contributed by atoms with E-state index in [2.05, 4.69) is 10.4 Å². The number of para-hydroxylation sites is 1. The van der Waals surface area contributed by atoms with Gasteiger partial charge in [0.1, 0.15) is 22.7 Å². The van der Waals surface area contributed by atoms with Gasteiger partial charge in [-0.1, -0.05) is 48.5 Å². The van der Waals surface area contributed by atoms with Gasteiger partial charge in [0, 0.05) is 16.8 Å². The lowest BCUT2D eigenvalue weighted by atomic mass is 10.1. The molecule has 5 rings (SSSR count). The lowest BCUT2D eigenvalue weighted by molar-refractivity contribution is -0.118. The van der Waals surface area contributed by atoms with Crippen molar-refractivity contribution in [2.24, 2.45) is 0 Å². The smallest absolute Gasteiger partial charge is 0.263 e. The van der Waals surface area contributed by atoms with Crippen LogP contribution >= 0.6 is 0 Å². The first kappa shape index (κ1) is 18.0. The van der Waals surface area contributed by atoms with Crippen LogP contribution < -0.4 is 10.1 Å². The fourth-order valence-electron chi connectivity index (χ4n) is 3.44. The predicted octanol–water partition coefficient (Wildman–Crippen LogP) is 4.85. The highest BCUT2D eigenvalue weighted by Gasteiger charge is 2.11. The number of anilines is 1. The Morgan fingerprint density at radius 1 is 0.933 bits per heavy atom. The zero-order chi connectivity index (χ0) is 20.3. The van der Waals surface area contributed by atoms with Crippen LogP contribution in [0.3, 0.4) is 0 Å². The molecule has 0 spiro atoms. The lowest BCUT2D eigenvalue weighted by Gasteiger charge is -2.10. The molecule has 0 radical (unpaired) electrons. The second-order valence-corrected chi connectivity index (χ2v) is 6.95. The van der Waals surface area contributed by atoms with E-state index in [1.165, 1.54) is 0 Å². The fraction of sp³-hybridized carbons (Fsp3) is 0.0833. The highest BCUT2D eigenvalue weighted by molar-refractivity contribution is 6.05. The number of furan rings is 1. The van der Waals surface area contributed by atoms with E-state index in [0.717, 1.165) is 27.5 Å². The summed E-state index contributed by atoms with van der Waals surface area (Å²) in [7, 11) is 0. The van der Waals surface area contributed by atoms with Crippen LogP contribution in [0.5, 0.6) is 5.75 Å². The molecule has 0 atom stereocenters. The topological polar surface area (TPSA) is 69.3 Å². The molecule has 0 bridgehead atoms. The number of carbonyl (C=O) groups excluding carboxylic acids is 1. The minimum absolute atomic E-state index is 0.0994. The molecule has 3 aromatic carbocycles. The molecular weight excluding hydrogens is 378 g/mol. The Kier molecular flexibility index (Phi) is 4.65. The molecule has 2 heterocycles. The third kappa shape index (κ3) is 3.63. The number of nitrogens with one attached hydrogen (secondary N) is 1. The van der Waals surface area contributed by atoms with Gasteiger partial charge in [-0.25, -0.2) is 4.68 Å². The van der Waals surface area contributed by atoms with Gasteiger partial charge in [-0.05, 0) is 29.8 Å². The normalized spacial score (nSPS) is 11.1. The van der Waals surface area contributed by atoms with Crippen LogP contribution in [0.4, 0.5) is 5.82 Å². The van der Waals surface area contributed by atoms with Gasteiger partial charge in [0.2, 0.25) is 0 Å². The molecule has 5 aromatic rings. The Morgan fingerprint density at radius 2 is 1.73 bits per heavy atom. The summed E-state index contributed by atoms with van der Waals surface area (Å²) in [6, 6.07) is 25.1. The molecule has 0 fully saturated rings. The summed E-state index contributed by atoms with van der Waals surface area (Å²) in [5.41, 5.74) is 2.72. The molecule has 30 heavy (non-hydrogen) atoms. The number of carbonyl (C=O) groups is 1. The van der Waals surface area contributed by atoms with E-state index in [1.807, 2.05) is 66.7 Å². The van der Waals surface area contributed by atoms with Crippen molar-refractivity contribution in [1.29, 1.82) is 0 Å². The molecule has 0 saturated heterocycles. The monoisotopic (exact) mass is 397 g/mol. The maximum atomic E-state index is 12.4. The fourth-order valence-corrected chi connectivity index (χ4v) is 3.44. The Balaban J connectivity index is 1.26. The lowest BCUT2D eigenvalue weighted by Crippen LogP contribution is -2.22. The SMILES string of the molecule is O=C(COc1ccc2oc3ccccc3c2c1)Nc1ccnn1Cc1ccccc1. The first-order chi connectivity index (χ1) is 14.8. The average Bonchev–Trinajstić information content (AvgIpc) is 3.36. The summed E-state index contributed by atoms with van der Waals surface area (Å²) in [6.07, 6.45) is 1.66. The van der Waals surface area contributed by atoms with Crippen LogP contribution in [-0.2, 0) is 11.3 Å². The third-order valence-electron chi connectivity index (χ3n) is 4.88. The van der Waals surface area contributed by atoms with Crippen LogP contribution in [0.15, 0.2) is 89.5 Å². The highest BCUT2D eigenvalue weighted by atomic mass is 16.5. The third-order valence-corrected chi connectivity index (χ3v) is 4.88. The molecule has 6 heteroatoms. The van der Waals surface area contributed by atoms with Crippen LogP contribution in [-0.4, -0.2) is 22.3 Å². The van der Waals surface area contributed by atoms with Gasteiger partial charge in [0.25, 0.3) is 5.91 Å². The summed E-state index contributed by atoms with van der Waals surface area (Å²) >= 11 is 0. The Morgan fingerprint density at radius 3 is 2.63 bits per heavy atom. The van der Waals surface area contributed by atoms with Crippen molar-refractivity contribution in [3.63, 3.8) is 0 Å². The first-order valence-corrected chi connectivity index (χ1v) is 9.66. The number of hydrogen-bond acceptors (Lipinski definition) is 4. The maximum absolute atomic E-state index is 12.4. The van der Waals surface area contributed by atoms with Crippen molar-refractivity contribution in [3.05, 3.63) is 90.6 Å². The van der Waals surface area contributed by atoms with E-state index in [9.17, 15) is 4.79 Å². The summed E-state index contributed by atoms with van der Waals surface area (Å²) in [6.45, 7) is 0.479. The summed E-state index contributed by atoms with van der Waals surface area (Å²) in [5, 5.41) is 9.13. The molecule has 0 aliphatic carbocycles. The standard InChI is InChI=1S/C24H19N3O3/c28-24(26-23-12-13-25-27(23)15-17-6-2-1-3-7-17)16-29-18-10-11-22-20(14-18)19-8-4-5-9-21(19)30-22/h1-14H,15-16H2,(H,26,28). The maximum Gasteiger partial charge on any atom is 0.263 e. The van der Waals surface area contributed by atoms with Gasteiger partial charge in [0.05, 0.1) is 12.7 Å². The van der Waals surface area contributed by atoms with Gasteiger partial charge in [-0.2, -0.15) is 5.10 Å². The van der Waals surface area contributed by atoms with E-state index in [-0.39, 0.29) is 12.5 Å². The van der Waals surface area contributed by atoms with Gasteiger partial charge >= 0.3 is 0 Å². The van der Waals surface area contributed by atoms with Gasteiger partial charge in [-0.3, -0.25) is 4.79 Å². The average molecular weight is 397 g/mol. The number of rotatable bonds is 6. The molecular formula is C24H19N3O3. The van der Waals surface area contributed by atoms with Crippen LogP contribution in [0.2, 0.25) is 0 Å². The van der Waals surface area contributed by atoms with E-state index in [1.54, 1.807) is 23.0 Å². The number of aromatic nitrogens is 2. The molecule has 1 amide bonds. The number of nitrogens with zero attached hydrogens (tertiary/aromatic N) is 2. The number of hydrogen-bond donors (Lipinski definition) is 1. The summed E-state index contributed by atoms with van der Waals surface area (Å²) in [5.74, 6) is 0.993. The molecule has 0 unspecified atom stereocenters. The molecule has 0 saturated carbocycles. The Labute approximate surface area is 172 Å². The van der Waals surface area contributed by atoms with Gasteiger partial charge < -0.3 is 14.5 Å². The van der Waals surface area contributed by atoms with E-state index in [0.29, 0.717) is 18.1 Å². The molecule has 2 aromatic heterocycles. The number of benzene rings is 3. The van der Waals surface area contributed by atoms with Crippen LogP contribution in [0.1, 0.15) is 5.56 Å². The number of amides is 1. The highest BCUT2D eigenvalue weighted by Crippen LogP contribution is 2.31. The molecule has 1 N–H and O–H groups in total. The largest absolute Gasteiger partial charge is 0.484 e. The second kappa shape index (κ2) is 7.75. The van der Waals surface area contributed by atoms with Crippen molar-refractivity contribution in [2.45, 2.75) is 6.54 Å². The zero-order valence-corrected chi connectivity index (χ0v) is 16.1. The van der Waals surface area contributed by atoms with Gasteiger partial charge in [0.15, 0.2) is 6.61 Å². The van der Waals surface area contributed by atoms with Crippen molar-refractivity contribution in [3.8, 4) is 5.75 Å². The Hall–Kier alpha value is -4.06. The molecule has 6 nitrogen and oxygen atoms in total. The van der Waals surface area contributed by atoms with Crippen LogP contribution in [0.25, 0.3) is 21.9 Å². The second-order valence-electron chi connectivity index (χ2n) is 6.95. The molecule has 0 aliphatic heterocycles. The van der Waals surface area contributed by atoms with E-state index < -0.39 is 0 Å². The summed E-state index contributed by atoms with van der Waals surface area (Å²) in [4.78, 5) is 12.4. The minimum atomic E-state index is -0.248. The van der Waals surface area contributed by atoms with Crippen LogP contribution in [0, 0.1) is 0 Å². The van der Waals surface area contributed by atoms with Crippen molar-refractivity contribution in [2.75, 3.05) is 11.9 Å². The summed E-state index contributed by atoms with van der Waals surface area (Å²) < 4.78 is 13.3. The Bertz CT molecular complexity index is 1320. The van der Waals surface area contributed by atoms with E-state index in [4.69, 9.17) is 9.15 Å². The number of ether oxygens (including phenoxy) is 1. The van der Waals surface area contributed by atoms with Crippen molar-refractivity contribution >= 4 is 33.7 Å². The quantitative estimate of drug-likeness (QED) is 0.445. The first-order valence-electron chi connectivity index (χ1n) is 9.66. The van der Waals surface area contributed by atoms with E-state index >= 15 is 0 Å². The zero-order valence-electron chi connectivity index (χ0n) is 16.1. The number of fused-ring (bicyclic) bond motifs is 3. The molecule has 0 aliphatic rings. The minimum Gasteiger partial charge on any atom is -0.484 e. The predicted molar refractivity (Wildman–Crippen MR) is 116 cm³/mol. The van der Waals surface area contributed by atoms with Crippen molar-refractivity contribution < 1.29 is 13.9 Å².